The molecule has 2 N–H and O–H groups in total. The van der Waals surface area contributed by atoms with Crippen molar-refractivity contribution in [2.24, 2.45) is 11.8 Å². The Morgan fingerprint density at radius 3 is 2.87 bits per heavy atom. The van der Waals surface area contributed by atoms with Gasteiger partial charge in [-0.05, 0) is 60.5 Å². The van der Waals surface area contributed by atoms with Crippen molar-refractivity contribution in [2.75, 3.05) is 19.6 Å². The van der Waals surface area contributed by atoms with E-state index >= 15 is 0 Å². The molecule has 1 amide bonds. The zero-order valence-corrected chi connectivity index (χ0v) is 13.4. The van der Waals surface area contributed by atoms with Crippen LogP contribution in [0.1, 0.15) is 30.7 Å². The molecule has 0 bridgehead atoms. The van der Waals surface area contributed by atoms with Gasteiger partial charge in [0.05, 0.1) is 0 Å². The highest BCUT2D eigenvalue weighted by atomic mass is 16.2. The summed E-state index contributed by atoms with van der Waals surface area (Å²) >= 11 is 0. The van der Waals surface area contributed by atoms with E-state index in [0.717, 1.165) is 38.4 Å². The van der Waals surface area contributed by atoms with Crippen molar-refractivity contribution in [3.63, 3.8) is 0 Å². The fourth-order valence-corrected chi connectivity index (χ4v) is 3.78. The number of benzene rings is 2. The summed E-state index contributed by atoms with van der Waals surface area (Å²) in [7, 11) is 0. The molecule has 2 aliphatic rings. The minimum atomic E-state index is 0.179. The molecule has 23 heavy (non-hydrogen) atoms. The van der Waals surface area contributed by atoms with Gasteiger partial charge in [0.15, 0.2) is 0 Å². The van der Waals surface area contributed by atoms with Gasteiger partial charge in [-0.3, -0.25) is 4.79 Å². The number of amides is 1. The molecule has 2 fully saturated rings. The third kappa shape index (κ3) is 3.25. The molecule has 4 rings (SSSR count). The van der Waals surface area contributed by atoms with Crippen molar-refractivity contribution in [3.05, 3.63) is 48.0 Å². The molecule has 0 radical (unpaired) electrons. The predicted molar refractivity (Wildman–Crippen MR) is 93.4 cm³/mol. The Morgan fingerprint density at radius 1 is 1.17 bits per heavy atom. The van der Waals surface area contributed by atoms with E-state index in [1.807, 2.05) is 0 Å². The fourth-order valence-electron chi connectivity index (χ4n) is 3.78. The summed E-state index contributed by atoms with van der Waals surface area (Å²) in [5, 5.41) is 9.05. The van der Waals surface area contributed by atoms with Crippen LogP contribution in [0, 0.1) is 11.8 Å². The van der Waals surface area contributed by atoms with Gasteiger partial charge in [0.1, 0.15) is 0 Å². The maximum atomic E-state index is 12.3. The molecular formula is C20H24N2O. The van der Waals surface area contributed by atoms with Gasteiger partial charge in [0.25, 0.3) is 0 Å². The second kappa shape index (κ2) is 6.32. The minimum absolute atomic E-state index is 0.179. The molecule has 1 aliphatic carbocycles. The minimum Gasteiger partial charge on any atom is -0.356 e. The molecule has 3 nitrogen and oxygen atoms in total. The summed E-state index contributed by atoms with van der Waals surface area (Å²) in [5.41, 5.74) is 1.31. The van der Waals surface area contributed by atoms with Crippen LogP contribution >= 0.6 is 0 Å². The number of nitrogens with one attached hydrogen (secondary N) is 2. The molecule has 1 heterocycles. The van der Waals surface area contributed by atoms with Crippen LogP contribution < -0.4 is 10.6 Å². The number of carbonyl (C=O) groups excluding carboxylic acids is 1. The molecule has 3 unspecified atom stereocenters. The van der Waals surface area contributed by atoms with Crippen LogP contribution in [-0.4, -0.2) is 25.5 Å². The zero-order valence-electron chi connectivity index (χ0n) is 13.4. The summed E-state index contributed by atoms with van der Waals surface area (Å²) in [6, 6.07) is 15.0. The molecule has 0 spiro atoms. The summed E-state index contributed by atoms with van der Waals surface area (Å²) in [6.45, 7) is 3.07. The molecular weight excluding hydrogens is 284 g/mol. The van der Waals surface area contributed by atoms with Crippen molar-refractivity contribution in [3.8, 4) is 0 Å². The fraction of sp³-hybridized carbons (Fsp3) is 0.450. The molecule has 1 saturated carbocycles. The van der Waals surface area contributed by atoms with Crippen molar-refractivity contribution in [1.82, 2.24) is 10.6 Å². The summed E-state index contributed by atoms with van der Waals surface area (Å²) in [6.07, 6.45) is 3.35. The first-order chi connectivity index (χ1) is 11.3. The van der Waals surface area contributed by atoms with Crippen LogP contribution in [0.2, 0.25) is 0 Å². The van der Waals surface area contributed by atoms with E-state index < -0.39 is 0 Å². The van der Waals surface area contributed by atoms with Crippen molar-refractivity contribution in [1.29, 1.82) is 0 Å². The predicted octanol–water partition coefficient (Wildman–Crippen LogP) is 3.06. The first-order valence-electron chi connectivity index (χ1n) is 8.78. The molecule has 2 aromatic carbocycles. The first kappa shape index (κ1) is 14.7. The van der Waals surface area contributed by atoms with Crippen molar-refractivity contribution in [2.45, 2.75) is 25.2 Å². The van der Waals surface area contributed by atoms with E-state index in [0.29, 0.717) is 5.92 Å². The van der Waals surface area contributed by atoms with Gasteiger partial charge in [0.2, 0.25) is 5.91 Å². The lowest BCUT2D eigenvalue weighted by Crippen LogP contribution is -2.28. The zero-order chi connectivity index (χ0) is 15.6. The van der Waals surface area contributed by atoms with Crippen LogP contribution in [0.5, 0.6) is 0 Å². The van der Waals surface area contributed by atoms with Gasteiger partial charge in [0, 0.05) is 12.5 Å². The van der Waals surface area contributed by atoms with E-state index in [4.69, 9.17) is 0 Å². The second-order valence-electron chi connectivity index (χ2n) is 6.99. The number of hydrogen-bond acceptors (Lipinski definition) is 2. The van der Waals surface area contributed by atoms with Crippen LogP contribution in [0.3, 0.4) is 0 Å². The van der Waals surface area contributed by atoms with E-state index in [2.05, 4.69) is 53.1 Å². The maximum Gasteiger partial charge on any atom is 0.223 e. The smallest absolute Gasteiger partial charge is 0.223 e. The lowest BCUT2D eigenvalue weighted by atomic mass is 10.0. The lowest BCUT2D eigenvalue weighted by Gasteiger charge is -2.09. The number of rotatable bonds is 5. The molecule has 0 aromatic heterocycles. The van der Waals surface area contributed by atoms with Gasteiger partial charge in [-0.2, -0.15) is 0 Å². The summed E-state index contributed by atoms with van der Waals surface area (Å²) < 4.78 is 0. The average Bonchev–Trinajstić information content (AvgIpc) is 3.23. The first-order valence-corrected chi connectivity index (χ1v) is 8.78. The van der Waals surface area contributed by atoms with Gasteiger partial charge in [-0.15, -0.1) is 0 Å². The third-order valence-electron chi connectivity index (χ3n) is 5.34. The number of hydrogen-bond donors (Lipinski definition) is 2. The Bertz CT molecular complexity index is 706. The SMILES string of the molecule is O=C(NCCC1CCNC1)C1CC1c1ccc2ccccc2c1. The standard InChI is InChI=1S/C20H24N2O/c23-20(22-10-8-14-7-9-21-13-14)19-12-18(19)17-6-5-15-3-1-2-4-16(15)11-17/h1-6,11,14,18-19,21H,7-10,12-13H2,(H,22,23). The summed E-state index contributed by atoms with van der Waals surface area (Å²) in [5.74, 6) is 1.57. The van der Waals surface area contributed by atoms with Crippen molar-refractivity contribution >= 4 is 16.7 Å². The molecule has 3 atom stereocenters. The van der Waals surface area contributed by atoms with Crippen LogP contribution in [-0.2, 0) is 4.79 Å². The number of carbonyl (C=O) groups is 1. The Balaban J connectivity index is 1.32. The highest BCUT2D eigenvalue weighted by Crippen LogP contribution is 2.48. The van der Waals surface area contributed by atoms with Gasteiger partial charge < -0.3 is 10.6 Å². The quantitative estimate of drug-likeness (QED) is 0.891. The topological polar surface area (TPSA) is 41.1 Å². The Kier molecular flexibility index (Phi) is 4.04. The molecule has 120 valence electrons. The van der Waals surface area contributed by atoms with E-state index in [1.54, 1.807) is 0 Å². The summed E-state index contributed by atoms with van der Waals surface area (Å²) in [4.78, 5) is 12.3. The van der Waals surface area contributed by atoms with Gasteiger partial charge in [-0.25, -0.2) is 0 Å². The average molecular weight is 308 g/mol. The second-order valence-corrected chi connectivity index (χ2v) is 6.99. The molecule has 1 aliphatic heterocycles. The lowest BCUT2D eigenvalue weighted by molar-refractivity contribution is -0.122. The van der Waals surface area contributed by atoms with Crippen LogP contribution in [0.25, 0.3) is 10.8 Å². The van der Waals surface area contributed by atoms with Gasteiger partial charge in [-0.1, -0.05) is 42.5 Å². The Labute approximate surface area is 137 Å². The normalized spacial score (nSPS) is 26.3. The maximum absolute atomic E-state index is 12.3. The van der Waals surface area contributed by atoms with Crippen molar-refractivity contribution < 1.29 is 4.79 Å². The van der Waals surface area contributed by atoms with E-state index in [9.17, 15) is 4.79 Å². The Morgan fingerprint density at radius 2 is 2.04 bits per heavy atom. The highest BCUT2D eigenvalue weighted by molar-refractivity contribution is 5.85. The Hall–Kier alpha value is -1.87. The highest BCUT2D eigenvalue weighted by Gasteiger charge is 2.43. The van der Waals surface area contributed by atoms with Crippen LogP contribution in [0.4, 0.5) is 0 Å². The molecule has 2 aromatic rings. The molecule has 1 saturated heterocycles. The van der Waals surface area contributed by atoms with Gasteiger partial charge >= 0.3 is 0 Å². The monoisotopic (exact) mass is 308 g/mol. The third-order valence-corrected chi connectivity index (χ3v) is 5.34. The van der Waals surface area contributed by atoms with E-state index in [1.165, 1.54) is 22.8 Å². The number of fused-ring (bicyclic) bond motifs is 1. The molecule has 3 heteroatoms. The van der Waals surface area contributed by atoms with Crippen LogP contribution in [0.15, 0.2) is 42.5 Å². The largest absolute Gasteiger partial charge is 0.356 e. The van der Waals surface area contributed by atoms with E-state index in [-0.39, 0.29) is 11.8 Å².